The number of nitrogens with one attached hydrogen (secondary N) is 1. The smallest absolute Gasteiger partial charge is 0.264 e. The number of hydrogen-bond acceptors (Lipinski definition) is 4. The van der Waals surface area contributed by atoms with Crippen molar-refractivity contribution in [3.63, 3.8) is 0 Å². The van der Waals surface area contributed by atoms with Crippen LogP contribution in [0.4, 0.5) is 5.69 Å². The number of amides is 1. The van der Waals surface area contributed by atoms with Crippen LogP contribution in [0.1, 0.15) is 29.7 Å². The fraction of sp³-hybridized carbons (Fsp3) is 0.240. The van der Waals surface area contributed by atoms with Gasteiger partial charge < -0.3 is 10.1 Å². The first-order valence-electron chi connectivity index (χ1n) is 10.3. The highest BCUT2D eigenvalue weighted by molar-refractivity contribution is 7.92. The van der Waals surface area contributed by atoms with E-state index in [0.717, 1.165) is 22.4 Å². The fourth-order valence-corrected chi connectivity index (χ4v) is 4.86. The Hall–Kier alpha value is -3.32. The van der Waals surface area contributed by atoms with Crippen LogP contribution in [-0.4, -0.2) is 28.0 Å². The molecule has 3 rings (SSSR count). The third kappa shape index (κ3) is 5.29. The number of anilines is 1. The molecule has 0 saturated carbocycles. The van der Waals surface area contributed by atoms with Crippen LogP contribution < -0.4 is 14.4 Å². The van der Waals surface area contributed by atoms with Crippen molar-refractivity contribution in [2.24, 2.45) is 0 Å². The number of para-hydroxylation sites is 1. The predicted molar refractivity (Wildman–Crippen MR) is 126 cm³/mol. The summed E-state index contributed by atoms with van der Waals surface area (Å²) in [5, 5.41) is 2.90. The molecule has 0 saturated heterocycles. The van der Waals surface area contributed by atoms with E-state index in [0.29, 0.717) is 5.69 Å². The highest BCUT2D eigenvalue weighted by Gasteiger charge is 2.28. The van der Waals surface area contributed by atoms with Gasteiger partial charge in [0, 0.05) is 0 Å². The van der Waals surface area contributed by atoms with Crippen LogP contribution in [0, 0.1) is 13.8 Å². The van der Waals surface area contributed by atoms with Crippen LogP contribution in [-0.2, 0) is 14.8 Å². The van der Waals surface area contributed by atoms with Gasteiger partial charge in [-0.25, -0.2) is 8.42 Å². The number of aryl methyl sites for hydroxylation is 2. The lowest BCUT2D eigenvalue weighted by molar-refractivity contribution is -0.120. The summed E-state index contributed by atoms with van der Waals surface area (Å²) in [5.74, 6) is 0.328. The maximum absolute atomic E-state index is 13.5. The first-order chi connectivity index (χ1) is 15.2. The minimum absolute atomic E-state index is 0.141. The molecule has 168 valence electrons. The number of ether oxygens (including phenoxy) is 1. The second kappa shape index (κ2) is 9.87. The zero-order chi connectivity index (χ0) is 23.3. The van der Waals surface area contributed by atoms with E-state index in [1.54, 1.807) is 43.5 Å². The first kappa shape index (κ1) is 23.3. The van der Waals surface area contributed by atoms with E-state index in [1.165, 1.54) is 4.31 Å². The van der Waals surface area contributed by atoms with Gasteiger partial charge in [-0.1, -0.05) is 48.0 Å². The van der Waals surface area contributed by atoms with Crippen LogP contribution in [0.15, 0.2) is 77.7 Å². The zero-order valence-electron chi connectivity index (χ0n) is 18.7. The monoisotopic (exact) mass is 452 g/mol. The van der Waals surface area contributed by atoms with Crippen molar-refractivity contribution in [1.82, 2.24) is 5.32 Å². The Morgan fingerprint density at radius 1 is 0.969 bits per heavy atom. The van der Waals surface area contributed by atoms with Crippen molar-refractivity contribution in [2.75, 3.05) is 18.0 Å². The molecule has 0 aliphatic rings. The van der Waals surface area contributed by atoms with Gasteiger partial charge >= 0.3 is 0 Å². The van der Waals surface area contributed by atoms with Gasteiger partial charge in [-0.3, -0.25) is 9.10 Å². The molecular formula is C25H28N2O4S. The molecule has 0 fully saturated rings. The van der Waals surface area contributed by atoms with E-state index in [-0.39, 0.29) is 17.5 Å². The lowest BCUT2D eigenvalue weighted by Gasteiger charge is -2.26. The minimum atomic E-state index is -3.94. The molecule has 7 heteroatoms. The van der Waals surface area contributed by atoms with Crippen molar-refractivity contribution in [2.45, 2.75) is 31.7 Å². The summed E-state index contributed by atoms with van der Waals surface area (Å²) in [5.41, 5.74) is 3.08. The second-order valence-electron chi connectivity index (χ2n) is 7.67. The summed E-state index contributed by atoms with van der Waals surface area (Å²) < 4.78 is 33.3. The van der Waals surface area contributed by atoms with Crippen molar-refractivity contribution in [3.05, 3.63) is 89.5 Å². The number of carbonyl (C=O) groups is 1. The lowest BCUT2D eigenvalue weighted by atomic mass is 10.1. The SMILES string of the molecule is COc1ccc([C@H](C)NC(=O)CN(c2ccccc2C)S(=O)(=O)c2ccc(C)cc2)cc1. The fourth-order valence-electron chi connectivity index (χ4n) is 3.37. The van der Waals surface area contributed by atoms with Crippen LogP contribution in [0.25, 0.3) is 0 Å². The number of benzene rings is 3. The highest BCUT2D eigenvalue weighted by Crippen LogP contribution is 2.27. The molecule has 0 spiro atoms. The van der Waals surface area contributed by atoms with Gasteiger partial charge in [-0.05, 0) is 62.2 Å². The van der Waals surface area contributed by atoms with Crippen molar-refractivity contribution < 1.29 is 17.9 Å². The van der Waals surface area contributed by atoms with Gasteiger partial charge in [-0.15, -0.1) is 0 Å². The summed E-state index contributed by atoms with van der Waals surface area (Å²) in [6.45, 7) is 5.24. The Kier molecular flexibility index (Phi) is 7.20. The number of nitrogens with zero attached hydrogens (tertiary/aromatic N) is 1. The van der Waals surface area contributed by atoms with Gasteiger partial charge in [0.2, 0.25) is 5.91 Å². The quantitative estimate of drug-likeness (QED) is 0.550. The summed E-state index contributed by atoms with van der Waals surface area (Å²) in [6.07, 6.45) is 0. The van der Waals surface area contributed by atoms with Crippen LogP contribution >= 0.6 is 0 Å². The van der Waals surface area contributed by atoms with E-state index < -0.39 is 15.9 Å². The summed E-state index contributed by atoms with van der Waals surface area (Å²) in [4.78, 5) is 13.1. The minimum Gasteiger partial charge on any atom is -0.497 e. The molecule has 3 aromatic rings. The molecule has 0 radical (unpaired) electrons. The summed E-state index contributed by atoms with van der Waals surface area (Å²) in [6, 6.07) is 20.8. The van der Waals surface area contributed by atoms with Gasteiger partial charge in [0.15, 0.2) is 0 Å². The molecule has 0 heterocycles. The molecule has 0 bridgehead atoms. The lowest BCUT2D eigenvalue weighted by Crippen LogP contribution is -2.41. The Morgan fingerprint density at radius 2 is 1.59 bits per heavy atom. The normalized spacial score (nSPS) is 12.1. The largest absolute Gasteiger partial charge is 0.497 e. The third-order valence-corrected chi connectivity index (χ3v) is 7.05. The molecule has 0 aliphatic carbocycles. The maximum Gasteiger partial charge on any atom is 0.264 e. The van der Waals surface area contributed by atoms with Crippen LogP contribution in [0.2, 0.25) is 0 Å². The molecule has 6 nitrogen and oxygen atoms in total. The standard InChI is InChI=1S/C25H28N2O4S/c1-18-9-15-23(16-10-18)32(29,30)27(24-8-6-5-7-19(24)2)17-25(28)26-20(3)21-11-13-22(31-4)14-12-21/h5-16,20H,17H2,1-4H3,(H,26,28)/t20-/m0/s1. The second-order valence-corrected chi connectivity index (χ2v) is 9.54. The van der Waals surface area contributed by atoms with Gasteiger partial charge in [0.1, 0.15) is 12.3 Å². The van der Waals surface area contributed by atoms with E-state index in [4.69, 9.17) is 4.74 Å². The zero-order valence-corrected chi connectivity index (χ0v) is 19.5. The molecular weight excluding hydrogens is 424 g/mol. The number of hydrogen-bond donors (Lipinski definition) is 1. The molecule has 0 unspecified atom stereocenters. The van der Waals surface area contributed by atoms with E-state index >= 15 is 0 Å². The van der Waals surface area contributed by atoms with Crippen molar-refractivity contribution >= 4 is 21.6 Å². The average Bonchev–Trinajstić information content (AvgIpc) is 2.78. The molecule has 0 aliphatic heterocycles. The van der Waals surface area contributed by atoms with Gasteiger partial charge in [0.05, 0.1) is 23.7 Å². The Bertz CT molecular complexity index is 1170. The number of rotatable bonds is 8. The van der Waals surface area contributed by atoms with Gasteiger partial charge in [-0.2, -0.15) is 0 Å². The Balaban J connectivity index is 1.87. The van der Waals surface area contributed by atoms with Gasteiger partial charge in [0.25, 0.3) is 10.0 Å². The molecule has 3 aromatic carbocycles. The third-order valence-electron chi connectivity index (χ3n) is 5.27. The predicted octanol–water partition coefficient (Wildman–Crippen LogP) is 4.38. The molecule has 0 aromatic heterocycles. The molecule has 32 heavy (non-hydrogen) atoms. The molecule has 1 atom stereocenters. The van der Waals surface area contributed by atoms with E-state index in [2.05, 4.69) is 5.32 Å². The average molecular weight is 453 g/mol. The van der Waals surface area contributed by atoms with E-state index in [1.807, 2.05) is 57.2 Å². The number of methoxy groups -OCH3 is 1. The van der Waals surface area contributed by atoms with Crippen LogP contribution in [0.3, 0.4) is 0 Å². The summed E-state index contributed by atoms with van der Waals surface area (Å²) >= 11 is 0. The Labute approximate surface area is 189 Å². The highest BCUT2D eigenvalue weighted by atomic mass is 32.2. The summed E-state index contributed by atoms with van der Waals surface area (Å²) in [7, 11) is -2.35. The van der Waals surface area contributed by atoms with Crippen molar-refractivity contribution in [1.29, 1.82) is 0 Å². The van der Waals surface area contributed by atoms with Crippen LogP contribution in [0.5, 0.6) is 5.75 Å². The number of sulfonamides is 1. The number of carbonyl (C=O) groups excluding carboxylic acids is 1. The van der Waals surface area contributed by atoms with E-state index in [9.17, 15) is 13.2 Å². The first-order valence-corrected chi connectivity index (χ1v) is 11.7. The van der Waals surface area contributed by atoms with Crippen molar-refractivity contribution in [3.8, 4) is 5.75 Å². The topological polar surface area (TPSA) is 75.7 Å². The molecule has 1 N–H and O–H groups in total. The Morgan fingerprint density at radius 3 is 2.19 bits per heavy atom. The molecule has 1 amide bonds. The maximum atomic E-state index is 13.5.